The molecule has 0 fully saturated rings. The number of hydrogen-bond donors (Lipinski definition) is 4. The van der Waals surface area contributed by atoms with Gasteiger partial charge in [0.05, 0.1) is 18.4 Å². The van der Waals surface area contributed by atoms with E-state index in [2.05, 4.69) is 15.5 Å². The standard InChI is InChI=1S/C9H15N3O3/c1-6-7(3-11-12-6)8(14)10-4-9(2,15)5-13/h3,13,15H,4-5H2,1-2H3,(H,10,14)(H,11,12). The number of H-pyrrole nitrogens is 1. The monoisotopic (exact) mass is 213 g/mol. The summed E-state index contributed by atoms with van der Waals surface area (Å²) in [6.45, 7) is 2.76. The molecule has 0 aromatic carbocycles. The number of rotatable bonds is 4. The largest absolute Gasteiger partial charge is 0.393 e. The van der Waals surface area contributed by atoms with Gasteiger partial charge in [-0.05, 0) is 13.8 Å². The number of aliphatic hydroxyl groups excluding tert-OH is 1. The molecule has 0 bridgehead atoms. The highest BCUT2D eigenvalue weighted by Gasteiger charge is 2.20. The van der Waals surface area contributed by atoms with Gasteiger partial charge in [0.2, 0.25) is 0 Å². The van der Waals surface area contributed by atoms with Gasteiger partial charge >= 0.3 is 0 Å². The van der Waals surface area contributed by atoms with Crippen molar-refractivity contribution in [1.82, 2.24) is 15.5 Å². The normalized spacial score (nSPS) is 14.7. The molecule has 1 aromatic heterocycles. The first-order chi connectivity index (χ1) is 6.96. The van der Waals surface area contributed by atoms with Gasteiger partial charge in [0, 0.05) is 12.2 Å². The summed E-state index contributed by atoms with van der Waals surface area (Å²) < 4.78 is 0. The Morgan fingerprint density at radius 3 is 2.87 bits per heavy atom. The van der Waals surface area contributed by atoms with E-state index < -0.39 is 12.2 Å². The van der Waals surface area contributed by atoms with Crippen molar-refractivity contribution in [2.24, 2.45) is 0 Å². The summed E-state index contributed by atoms with van der Waals surface area (Å²) in [4.78, 5) is 11.5. The van der Waals surface area contributed by atoms with Crippen molar-refractivity contribution in [2.45, 2.75) is 19.4 Å². The topological polar surface area (TPSA) is 98.2 Å². The molecule has 0 saturated heterocycles. The summed E-state index contributed by atoms with van der Waals surface area (Å²) in [5.41, 5.74) is -0.201. The van der Waals surface area contributed by atoms with Crippen molar-refractivity contribution in [1.29, 1.82) is 0 Å². The number of amides is 1. The number of nitrogens with one attached hydrogen (secondary N) is 2. The van der Waals surface area contributed by atoms with Crippen molar-refractivity contribution in [3.8, 4) is 0 Å². The minimum absolute atomic E-state index is 0.00699. The lowest BCUT2D eigenvalue weighted by Crippen LogP contribution is -2.43. The molecule has 1 atom stereocenters. The number of aliphatic hydroxyl groups is 2. The first kappa shape index (κ1) is 11.7. The Hall–Kier alpha value is -1.40. The molecule has 6 heteroatoms. The Labute approximate surface area is 87.3 Å². The van der Waals surface area contributed by atoms with E-state index in [-0.39, 0.29) is 12.5 Å². The van der Waals surface area contributed by atoms with Crippen molar-refractivity contribution in [2.75, 3.05) is 13.2 Å². The molecular formula is C9H15N3O3. The molecule has 0 aliphatic carbocycles. The average Bonchev–Trinajstić information content (AvgIpc) is 2.61. The highest BCUT2D eigenvalue weighted by molar-refractivity contribution is 5.94. The van der Waals surface area contributed by atoms with Gasteiger partial charge in [0.15, 0.2) is 0 Å². The Bertz CT molecular complexity index is 346. The van der Waals surface area contributed by atoms with Crippen molar-refractivity contribution >= 4 is 5.91 Å². The van der Waals surface area contributed by atoms with E-state index in [4.69, 9.17) is 5.11 Å². The number of carbonyl (C=O) groups is 1. The molecule has 1 rings (SSSR count). The van der Waals surface area contributed by atoms with Gasteiger partial charge in [0.25, 0.3) is 5.91 Å². The number of carbonyl (C=O) groups excluding carboxylic acids is 1. The minimum atomic E-state index is -1.30. The van der Waals surface area contributed by atoms with Crippen molar-refractivity contribution in [3.63, 3.8) is 0 Å². The third kappa shape index (κ3) is 3.03. The number of aryl methyl sites for hydroxylation is 1. The fourth-order valence-corrected chi connectivity index (χ4v) is 1.00. The van der Waals surface area contributed by atoms with Gasteiger partial charge < -0.3 is 15.5 Å². The lowest BCUT2D eigenvalue weighted by atomic mass is 10.1. The van der Waals surface area contributed by atoms with E-state index >= 15 is 0 Å². The third-order valence-corrected chi connectivity index (χ3v) is 2.04. The number of aromatic amines is 1. The molecule has 0 aliphatic heterocycles. The van der Waals surface area contributed by atoms with Crippen molar-refractivity contribution in [3.05, 3.63) is 17.5 Å². The van der Waals surface area contributed by atoms with Crippen molar-refractivity contribution < 1.29 is 15.0 Å². The summed E-state index contributed by atoms with van der Waals surface area (Å²) in [7, 11) is 0. The van der Waals surface area contributed by atoms with Crippen LogP contribution in [0.4, 0.5) is 0 Å². The molecule has 84 valence electrons. The molecule has 1 amide bonds. The molecule has 0 saturated carbocycles. The lowest BCUT2D eigenvalue weighted by Gasteiger charge is -2.20. The first-order valence-electron chi connectivity index (χ1n) is 4.58. The number of nitrogens with zero attached hydrogens (tertiary/aromatic N) is 1. The smallest absolute Gasteiger partial charge is 0.254 e. The number of aromatic nitrogens is 2. The quantitative estimate of drug-likeness (QED) is 0.526. The zero-order valence-corrected chi connectivity index (χ0v) is 8.74. The fraction of sp³-hybridized carbons (Fsp3) is 0.556. The maximum Gasteiger partial charge on any atom is 0.254 e. The minimum Gasteiger partial charge on any atom is -0.393 e. The van der Waals surface area contributed by atoms with Crippen LogP contribution >= 0.6 is 0 Å². The molecule has 15 heavy (non-hydrogen) atoms. The van der Waals surface area contributed by atoms with E-state index in [1.807, 2.05) is 0 Å². The zero-order chi connectivity index (χ0) is 11.5. The van der Waals surface area contributed by atoms with Crippen LogP contribution < -0.4 is 5.32 Å². The maximum atomic E-state index is 11.5. The molecule has 4 N–H and O–H groups in total. The molecule has 1 unspecified atom stereocenters. The highest BCUT2D eigenvalue weighted by Crippen LogP contribution is 2.04. The molecule has 1 aromatic rings. The second-order valence-electron chi connectivity index (χ2n) is 3.75. The van der Waals surface area contributed by atoms with E-state index in [0.717, 1.165) is 0 Å². The van der Waals surface area contributed by atoms with Crippen LogP contribution in [0.5, 0.6) is 0 Å². The van der Waals surface area contributed by atoms with Crippen LogP contribution in [0.3, 0.4) is 0 Å². The molecule has 0 spiro atoms. The lowest BCUT2D eigenvalue weighted by molar-refractivity contribution is 0.00319. The number of hydrogen-bond acceptors (Lipinski definition) is 4. The SMILES string of the molecule is Cc1[nH]ncc1C(=O)NCC(C)(O)CO. The van der Waals surface area contributed by atoms with Gasteiger partial charge in [-0.15, -0.1) is 0 Å². The van der Waals surface area contributed by atoms with Crippen LogP contribution in [-0.4, -0.2) is 45.1 Å². The van der Waals surface area contributed by atoms with Gasteiger partial charge in [-0.2, -0.15) is 5.10 Å². The second kappa shape index (κ2) is 4.41. The van der Waals surface area contributed by atoms with Crippen LogP contribution in [0, 0.1) is 6.92 Å². The first-order valence-corrected chi connectivity index (χ1v) is 4.58. The Morgan fingerprint density at radius 2 is 2.40 bits per heavy atom. The summed E-state index contributed by atoms with van der Waals surface area (Å²) in [6, 6.07) is 0. The molecule has 0 radical (unpaired) electrons. The third-order valence-electron chi connectivity index (χ3n) is 2.04. The second-order valence-corrected chi connectivity index (χ2v) is 3.75. The summed E-state index contributed by atoms with van der Waals surface area (Å²) >= 11 is 0. The van der Waals surface area contributed by atoms with E-state index in [9.17, 15) is 9.90 Å². The molecule has 0 aliphatic rings. The molecule has 1 heterocycles. The van der Waals surface area contributed by atoms with Crippen LogP contribution in [0.25, 0.3) is 0 Å². The Kier molecular flexibility index (Phi) is 3.43. The van der Waals surface area contributed by atoms with E-state index in [0.29, 0.717) is 11.3 Å². The summed E-state index contributed by atoms with van der Waals surface area (Å²) in [6.07, 6.45) is 1.42. The van der Waals surface area contributed by atoms with Crippen LogP contribution in [-0.2, 0) is 0 Å². The predicted molar refractivity (Wildman–Crippen MR) is 53.4 cm³/mol. The van der Waals surface area contributed by atoms with Crippen LogP contribution in [0.1, 0.15) is 23.0 Å². The van der Waals surface area contributed by atoms with E-state index in [1.54, 1.807) is 6.92 Å². The van der Waals surface area contributed by atoms with Crippen LogP contribution in [0.2, 0.25) is 0 Å². The maximum absolute atomic E-state index is 11.5. The summed E-state index contributed by atoms with van der Waals surface area (Å²) in [5.74, 6) is -0.324. The van der Waals surface area contributed by atoms with Gasteiger partial charge in [-0.3, -0.25) is 9.89 Å². The zero-order valence-electron chi connectivity index (χ0n) is 8.74. The van der Waals surface area contributed by atoms with Gasteiger partial charge in [-0.25, -0.2) is 0 Å². The highest BCUT2D eigenvalue weighted by atomic mass is 16.3. The fourth-order valence-electron chi connectivity index (χ4n) is 1.00. The van der Waals surface area contributed by atoms with Gasteiger partial charge in [-0.1, -0.05) is 0 Å². The average molecular weight is 213 g/mol. The molecule has 6 nitrogen and oxygen atoms in total. The van der Waals surface area contributed by atoms with Gasteiger partial charge in [0.1, 0.15) is 5.60 Å². The van der Waals surface area contributed by atoms with E-state index in [1.165, 1.54) is 13.1 Å². The molecular weight excluding hydrogens is 198 g/mol. The summed E-state index contributed by atoms with van der Waals surface area (Å²) in [5, 5.41) is 27.1. The Balaban J connectivity index is 2.55. The predicted octanol–water partition coefficient (Wildman–Crippen LogP) is -0.809. The van der Waals surface area contributed by atoms with Crippen LogP contribution in [0.15, 0.2) is 6.20 Å². The Morgan fingerprint density at radius 1 is 1.73 bits per heavy atom.